The van der Waals surface area contributed by atoms with Gasteiger partial charge in [-0.25, -0.2) is 0 Å². The maximum Gasteiger partial charge on any atom is 0.0661 e. The first-order chi connectivity index (χ1) is 9.08. The van der Waals surface area contributed by atoms with Crippen molar-refractivity contribution in [1.82, 2.24) is 5.32 Å². The van der Waals surface area contributed by atoms with Crippen molar-refractivity contribution in [3.05, 3.63) is 34.9 Å². The predicted molar refractivity (Wildman–Crippen MR) is 82.6 cm³/mol. The van der Waals surface area contributed by atoms with Crippen LogP contribution < -0.4 is 5.32 Å². The zero-order chi connectivity index (χ0) is 14.3. The van der Waals surface area contributed by atoms with Crippen molar-refractivity contribution in [1.29, 1.82) is 0 Å². The summed E-state index contributed by atoms with van der Waals surface area (Å²) in [4.78, 5) is 0. The number of hydrogen-bond acceptors (Lipinski definition) is 2. The van der Waals surface area contributed by atoms with Crippen LogP contribution in [0, 0.1) is 19.8 Å². The van der Waals surface area contributed by atoms with E-state index in [9.17, 15) is 0 Å². The van der Waals surface area contributed by atoms with Crippen LogP contribution in [-0.2, 0) is 4.74 Å². The Bertz CT molecular complexity index is 376. The number of likely N-dealkylation sites (N-methyl/N-ethyl adjacent to an activating group) is 1. The summed E-state index contributed by atoms with van der Waals surface area (Å²) >= 11 is 0. The molecule has 1 N–H and O–H groups in total. The summed E-state index contributed by atoms with van der Waals surface area (Å²) < 4.78 is 5.88. The second-order valence-electron chi connectivity index (χ2n) is 5.63. The minimum absolute atomic E-state index is 0.287. The smallest absolute Gasteiger partial charge is 0.0661 e. The zero-order valence-electron chi connectivity index (χ0n) is 13.1. The Hall–Kier alpha value is -0.860. The van der Waals surface area contributed by atoms with Crippen LogP contribution in [0.25, 0.3) is 0 Å². The van der Waals surface area contributed by atoms with E-state index in [1.54, 1.807) is 0 Å². The Balaban J connectivity index is 2.53. The number of ether oxygens (including phenoxy) is 1. The molecule has 0 radical (unpaired) electrons. The van der Waals surface area contributed by atoms with Crippen molar-refractivity contribution < 1.29 is 4.74 Å². The van der Waals surface area contributed by atoms with Crippen molar-refractivity contribution in [3.63, 3.8) is 0 Å². The molecule has 0 saturated heterocycles. The summed E-state index contributed by atoms with van der Waals surface area (Å²) in [5.74, 6) is 0.654. The van der Waals surface area contributed by atoms with Gasteiger partial charge >= 0.3 is 0 Å². The fraction of sp³-hybridized carbons (Fsp3) is 0.647. The molecule has 2 nitrogen and oxygen atoms in total. The first-order valence-electron chi connectivity index (χ1n) is 7.40. The van der Waals surface area contributed by atoms with Gasteiger partial charge < -0.3 is 10.1 Å². The molecular formula is C17H29NO. The molecule has 1 rings (SSSR count). The number of nitrogens with one attached hydrogen (secondary N) is 1. The Morgan fingerprint density at radius 1 is 1.21 bits per heavy atom. The van der Waals surface area contributed by atoms with Crippen LogP contribution in [0.5, 0.6) is 0 Å². The van der Waals surface area contributed by atoms with E-state index >= 15 is 0 Å². The Morgan fingerprint density at radius 3 is 2.53 bits per heavy atom. The SMILES string of the molecule is CCCC(C)COCC(NC)c1ccc(C)cc1C. The molecule has 0 fully saturated rings. The highest BCUT2D eigenvalue weighted by molar-refractivity contribution is 5.32. The lowest BCUT2D eigenvalue weighted by atomic mass is 10.00. The molecule has 2 heteroatoms. The molecule has 0 saturated carbocycles. The summed E-state index contributed by atoms with van der Waals surface area (Å²) in [5, 5.41) is 3.36. The average Bonchev–Trinajstić information content (AvgIpc) is 2.36. The van der Waals surface area contributed by atoms with Gasteiger partial charge in [-0.2, -0.15) is 0 Å². The van der Waals surface area contributed by atoms with Gasteiger partial charge in [0, 0.05) is 6.61 Å². The van der Waals surface area contributed by atoms with Crippen molar-refractivity contribution in [2.75, 3.05) is 20.3 Å². The molecule has 0 aliphatic carbocycles. The molecule has 0 bridgehead atoms. The topological polar surface area (TPSA) is 21.3 Å². The molecular weight excluding hydrogens is 234 g/mol. The van der Waals surface area contributed by atoms with Crippen LogP contribution in [-0.4, -0.2) is 20.3 Å². The molecule has 1 aromatic rings. The Kier molecular flexibility index (Phi) is 7.11. The second-order valence-corrected chi connectivity index (χ2v) is 5.63. The van der Waals surface area contributed by atoms with Crippen LogP contribution in [0.2, 0.25) is 0 Å². The lowest BCUT2D eigenvalue weighted by molar-refractivity contribution is 0.0847. The highest BCUT2D eigenvalue weighted by Crippen LogP contribution is 2.19. The fourth-order valence-corrected chi connectivity index (χ4v) is 2.51. The lowest BCUT2D eigenvalue weighted by Gasteiger charge is -2.20. The molecule has 1 aromatic carbocycles. The first kappa shape index (κ1) is 16.2. The summed E-state index contributed by atoms with van der Waals surface area (Å²) in [6.07, 6.45) is 2.48. The van der Waals surface area contributed by atoms with E-state index in [1.165, 1.54) is 29.5 Å². The molecule has 2 unspecified atom stereocenters. The van der Waals surface area contributed by atoms with Crippen molar-refractivity contribution in [2.45, 2.75) is 46.6 Å². The van der Waals surface area contributed by atoms with Crippen molar-refractivity contribution >= 4 is 0 Å². The molecule has 19 heavy (non-hydrogen) atoms. The maximum absolute atomic E-state index is 5.88. The van der Waals surface area contributed by atoms with Crippen molar-refractivity contribution in [2.24, 2.45) is 5.92 Å². The molecule has 108 valence electrons. The van der Waals surface area contributed by atoms with Crippen LogP contribution in [0.4, 0.5) is 0 Å². The zero-order valence-corrected chi connectivity index (χ0v) is 13.1. The minimum atomic E-state index is 0.287. The van der Waals surface area contributed by atoms with Gasteiger partial charge in [0.2, 0.25) is 0 Å². The van der Waals surface area contributed by atoms with Crippen LogP contribution in [0.3, 0.4) is 0 Å². The van der Waals surface area contributed by atoms with E-state index in [4.69, 9.17) is 4.74 Å². The monoisotopic (exact) mass is 263 g/mol. The molecule has 0 heterocycles. The first-order valence-corrected chi connectivity index (χ1v) is 7.40. The molecule has 2 atom stereocenters. The largest absolute Gasteiger partial charge is 0.379 e. The van der Waals surface area contributed by atoms with Gasteiger partial charge in [-0.3, -0.25) is 0 Å². The van der Waals surface area contributed by atoms with Gasteiger partial charge in [0.25, 0.3) is 0 Å². The van der Waals surface area contributed by atoms with Gasteiger partial charge in [-0.15, -0.1) is 0 Å². The van der Waals surface area contributed by atoms with Crippen LogP contribution in [0.1, 0.15) is 49.4 Å². The van der Waals surface area contributed by atoms with Crippen LogP contribution >= 0.6 is 0 Å². The highest BCUT2D eigenvalue weighted by atomic mass is 16.5. The molecule has 0 aliphatic heterocycles. The van der Waals surface area contributed by atoms with Gasteiger partial charge in [-0.05, 0) is 44.4 Å². The summed E-state index contributed by atoms with van der Waals surface area (Å²) in [6, 6.07) is 6.91. The number of aryl methyl sites for hydroxylation is 2. The number of hydrogen-bond donors (Lipinski definition) is 1. The average molecular weight is 263 g/mol. The summed E-state index contributed by atoms with van der Waals surface area (Å²) in [7, 11) is 2.00. The molecule has 0 spiro atoms. The van der Waals surface area contributed by atoms with Crippen LogP contribution in [0.15, 0.2) is 18.2 Å². The predicted octanol–water partition coefficient (Wildman–Crippen LogP) is 4.02. The highest BCUT2D eigenvalue weighted by Gasteiger charge is 2.12. The van der Waals surface area contributed by atoms with E-state index in [1.807, 2.05) is 7.05 Å². The summed E-state index contributed by atoms with van der Waals surface area (Å²) in [5.41, 5.74) is 3.99. The van der Waals surface area contributed by atoms with Gasteiger partial charge in [0.05, 0.1) is 12.6 Å². The number of rotatable bonds is 8. The van der Waals surface area contributed by atoms with Crippen molar-refractivity contribution in [3.8, 4) is 0 Å². The second kappa shape index (κ2) is 8.34. The maximum atomic E-state index is 5.88. The third kappa shape index (κ3) is 5.33. The lowest BCUT2D eigenvalue weighted by Crippen LogP contribution is -2.23. The van der Waals surface area contributed by atoms with E-state index < -0.39 is 0 Å². The van der Waals surface area contributed by atoms with Gasteiger partial charge in [0.1, 0.15) is 0 Å². The van der Waals surface area contributed by atoms with Gasteiger partial charge in [-0.1, -0.05) is 44.0 Å². The molecule has 0 aromatic heterocycles. The normalized spacial score (nSPS) is 14.4. The standard InChI is InChI=1S/C17H29NO/c1-6-7-14(3)11-19-12-17(18-5)16-9-8-13(2)10-15(16)4/h8-10,14,17-18H,6-7,11-12H2,1-5H3. The van der Waals surface area contributed by atoms with Gasteiger partial charge in [0.15, 0.2) is 0 Å². The molecule has 0 aliphatic rings. The summed E-state index contributed by atoms with van der Waals surface area (Å²) in [6.45, 7) is 10.4. The van der Waals surface area contributed by atoms with E-state index in [2.05, 4.69) is 51.2 Å². The Labute approximate surface area is 118 Å². The number of benzene rings is 1. The van der Waals surface area contributed by atoms with E-state index in [0.717, 1.165) is 13.2 Å². The van der Waals surface area contributed by atoms with E-state index in [0.29, 0.717) is 5.92 Å². The third-order valence-corrected chi connectivity index (χ3v) is 3.62. The quantitative estimate of drug-likeness (QED) is 0.765. The fourth-order valence-electron chi connectivity index (χ4n) is 2.51. The van der Waals surface area contributed by atoms with E-state index in [-0.39, 0.29) is 6.04 Å². The minimum Gasteiger partial charge on any atom is -0.379 e. The third-order valence-electron chi connectivity index (χ3n) is 3.62. The molecule has 0 amide bonds. The Morgan fingerprint density at radius 2 is 1.95 bits per heavy atom.